The van der Waals surface area contributed by atoms with E-state index in [9.17, 15) is 0 Å². The first-order valence-corrected chi connectivity index (χ1v) is 10.0. The molecule has 0 N–H and O–H groups in total. The normalized spacial score (nSPS) is 16.4. The van der Waals surface area contributed by atoms with Crippen LogP contribution in [0, 0.1) is 0 Å². The molecule has 2 aromatic heterocycles. The highest BCUT2D eigenvalue weighted by Gasteiger charge is 2.13. The maximum absolute atomic E-state index is 5.02. The summed E-state index contributed by atoms with van der Waals surface area (Å²) in [5.41, 5.74) is 3.05. The molecule has 0 saturated heterocycles. The van der Waals surface area contributed by atoms with E-state index in [0.29, 0.717) is 6.04 Å². The Morgan fingerprint density at radius 1 is 1.00 bits per heavy atom. The SMILES string of the molecule is C(=N\n1c(-c2ccccc2)csc1=NC1CCCCC1)/c1ccccn1. The molecular formula is C21H22N4S. The Kier molecular flexibility index (Phi) is 5.36. The molecule has 4 rings (SSSR count). The lowest BCUT2D eigenvalue weighted by Crippen LogP contribution is -2.19. The summed E-state index contributed by atoms with van der Waals surface area (Å²) in [7, 11) is 0. The third-order valence-electron chi connectivity index (χ3n) is 4.62. The van der Waals surface area contributed by atoms with Crippen LogP contribution in [0.2, 0.25) is 0 Å². The number of rotatable bonds is 4. The Morgan fingerprint density at radius 2 is 1.81 bits per heavy atom. The lowest BCUT2D eigenvalue weighted by atomic mass is 9.96. The lowest BCUT2D eigenvalue weighted by Gasteiger charge is -2.16. The topological polar surface area (TPSA) is 42.5 Å². The fourth-order valence-corrected chi connectivity index (χ4v) is 4.15. The predicted octanol–water partition coefficient (Wildman–Crippen LogP) is 4.73. The van der Waals surface area contributed by atoms with Gasteiger partial charge in [0.05, 0.1) is 23.6 Å². The minimum atomic E-state index is 0.419. The third-order valence-corrected chi connectivity index (χ3v) is 5.45. The third kappa shape index (κ3) is 3.99. The van der Waals surface area contributed by atoms with Gasteiger partial charge in [-0.15, -0.1) is 11.3 Å². The maximum Gasteiger partial charge on any atom is 0.206 e. The highest BCUT2D eigenvalue weighted by molar-refractivity contribution is 7.07. The standard InChI is InChI=1S/C21H22N4S/c1-3-9-17(10-4-1)20-16-26-21(24-18-11-5-2-6-12-18)25(20)23-15-19-13-7-8-14-22-19/h1,3-4,7-10,13-16,18H,2,5-6,11-12H2/b23-15+,24-21?. The zero-order chi connectivity index (χ0) is 17.6. The van der Waals surface area contributed by atoms with Crippen LogP contribution >= 0.6 is 11.3 Å². The minimum Gasteiger partial charge on any atom is -0.255 e. The van der Waals surface area contributed by atoms with Crippen LogP contribution in [0.25, 0.3) is 11.3 Å². The molecule has 0 atom stereocenters. The lowest BCUT2D eigenvalue weighted by molar-refractivity contribution is 0.435. The first kappa shape index (κ1) is 16.9. The van der Waals surface area contributed by atoms with Gasteiger partial charge in [-0.05, 0) is 25.0 Å². The number of hydrogen-bond donors (Lipinski definition) is 0. The molecule has 0 bridgehead atoms. The van der Waals surface area contributed by atoms with E-state index in [1.165, 1.54) is 32.1 Å². The Bertz CT molecular complexity index is 919. The summed E-state index contributed by atoms with van der Waals surface area (Å²) in [6, 6.07) is 16.6. The van der Waals surface area contributed by atoms with E-state index >= 15 is 0 Å². The fourth-order valence-electron chi connectivity index (χ4n) is 3.24. The van der Waals surface area contributed by atoms with E-state index in [0.717, 1.165) is 21.8 Å². The van der Waals surface area contributed by atoms with E-state index in [4.69, 9.17) is 10.1 Å². The number of hydrogen-bond acceptors (Lipinski definition) is 4. The van der Waals surface area contributed by atoms with Crippen LogP contribution in [0.4, 0.5) is 0 Å². The van der Waals surface area contributed by atoms with E-state index in [2.05, 4.69) is 34.6 Å². The molecule has 0 amide bonds. The van der Waals surface area contributed by atoms with E-state index in [-0.39, 0.29) is 0 Å². The summed E-state index contributed by atoms with van der Waals surface area (Å²) >= 11 is 1.66. The van der Waals surface area contributed by atoms with Gasteiger partial charge < -0.3 is 0 Å². The van der Waals surface area contributed by atoms with Crippen molar-refractivity contribution >= 4 is 17.6 Å². The smallest absolute Gasteiger partial charge is 0.206 e. The fraction of sp³-hybridized carbons (Fsp3) is 0.286. The van der Waals surface area contributed by atoms with Crippen molar-refractivity contribution in [3.63, 3.8) is 0 Å². The Morgan fingerprint density at radius 3 is 2.58 bits per heavy atom. The summed E-state index contributed by atoms with van der Waals surface area (Å²) in [5.74, 6) is 0. The average Bonchev–Trinajstić information content (AvgIpc) is 3.11. The molecule has 0 aliphatic heterocycles. The molecule has 0 spiro atoms. The van der Waals surface area contributed by atoms with Gasteiger partial charge in [-0.25, -0.2) is 4.68 Å². The first-order chi connectivity index (χ1) is 12.9. The van der Waals surface area contributed by atoms with Gasteiger partial charge in [-0.3, -0.25) is 9.98 Å². The van der Waals surface area contributed by atoms with Crippen molar-refractivity contribution in [3.05, 3.63) is 70.6 Å². The summed E-state index contributed by atoms with van der Waals surface area (Å²) in [4.78, 5) is 10.3. The van der Waals surface area contributed by atoms with Crippen LogP contribution in [-0.2, 0) is 0 Å². The second-order valence-electron chi connectivity index (χ2n) is 6.50. The van der Waals surface area contributed by atoms with Gasteiger partial charge in [0.15, 0.2) is 0 Å². The van der Waals surface area contributed by atoms with Crippen molar-refractivity contribution in [2.45, 2.75) is 38.1 Å². The van der Waals surface area contributed by atoms with Gasteiger partial charge in [0.1, 0.15) is 0 Å². The quantitative estimate of drug-likeness (QED) is 0.619. The molecule has 132 valence electrons. The van der Waals surface area contributed by atoms with Crippen LogP contribution in [0.3, 0.4) is 0 Å². The molecule has 1 aliphatic rings. The molecule has 0 unspecified atom stereocenters. The van der Waals surface area contributed by atoms with Crippen LogP contribution in [0.5, 0.6) is 0 Å². The molecule has 2 heterocycles. The molecule has 1 aromatic carbocycles. The summed E-state index contributed by atoms with van der Waals surface area (Å²) in [6.07, 6.45) is 9.85. The molecule has 0 radical (unpaired) electrons. The molecule has 26 heavy (non-hydrogen) atoms. The van der Waals surface area contributed by atoms with E-state index < -0.39 is 0 Å². The van der Waals surface area contributed by atoms with Gasteiger partial charge in [-0.2, -0.15) is 5.10 Å². The van der Waals surface area contributed by atoms with Crippen molar-refractivity contribution in [2.24, 2.45) is 10.1 Å². The second-order valence-corrected chi connectivity index (χ2v) is 7.34. The van der Waals surface area contributed by atoms with Crippen molar-refractivity contribution < 1.29 is 0 Å². The highest BCUT2D eigenvalue weighted by atomic mass is 32.1. The number of thiazole rings is 1. The van der Waals surface area contributed by atoms with Gasteiger partial charge in [0.25, 0.3) is 0 Å². The van der Waals surface area contributed by atoms with Crippen molar-refractivity contribution in [3.8, 4) is 11.3 Å². The van der Waals surface area contributed by atoms with E-state index in [1.807, 2.05) is 28.9 Å². The van der Waals surface area contributed by atoms with Crippen molar-refractivity contribution in [1.82, 2.24) is 9.66 Å². The van der Waals surface area contributed by atoms with Crippen LogP contribution < -0.4 is 4.80 Å². The van der Waals surface area contributed by atoms with Gasteiger partial charge in [-0.1, -0.05) is 55.7 Å². The second kappa shape index (κ2) is 8.23. The van der Waals surface area contributed by atoms with Crippen LogP contribution in [0.15, 0.2) is 70.2 Å². The molecule has 1 aliphatic carbocycles. The minimum absolute atomic E-state index is 0.419. The van der Waals surface area contributed by atoms with Gasteiger partial charge in [0.2, 0.25) is 4.80 Å². The Balaban J connectivity index is 1.75. The number of aromatic nitrogens is 2. The maximum atomic E-state index is 5.02. The van der Waals surface area contributed by atoms with Gasteiger partial charge in [0, 0.05) is 17.1 Å². The van der Waals surface area contributed by atoms with E-state index in [1.54, 1.807) is 23.7 Å². The summed E-state index contributed by atoms with van der Waals surface area (Å²) in [6.45, 7) is 0. The first-order valence-electron chi connectivity index (χ1n) is 9.15. The summed E-state index contributed by atoms with van der Waals surface area (Å²) in [5, 5.41) is 6.87. The molecular weight excluding hydrogens is 340 g/mol. The van der Waals surface area contributed by atoms with Crippen molar-refractivity contribution in [2.75, 3.05) is 0 Å². The largest absolute Gasteiger partial charge is 0.255 e. The average molecular weight is 363 g/mol. The zero-order valence-electron chi connectivity index (χ0n) is 14.7. The predicted molar refractivity (Wildman–Crippen MR) is 107 cm³/mol. The molecule has 5 heteroatoms. The molecule has 3 aromatic rings. The number of pyridine rings is 1. The van der Waals surface area contributed by atoms with Crippen LogP contribution in [0.1, 0.15) is 37.8 Å². The number of benzene rings is 1. The monoisotopic (exact) mass is 362 g/mol. The Hall–Kier alpha value is -2.53. The zero-order valence-corrected chi connectivity index (χ0v) is 15.5. The Labute approximate surface area is 157 Å². The van der Waals surface area contributed by atoms with Crippen LogP contribution in [-0.4, -0.2) is 21.9 Å². The molecule has 1 saturated carbocycles. The van der Waals surface area contributed by atoms with Gasteiger partial charge >= 0.3 is 0 Å². The molecule has 1 fully saturated rings. The highest BCUT2D eigenvalue weighted by Crippen LogP contribution is 2.22. The summed E-state index contributed by atoms with van der Waals surface area (Å²) < 4.78 is 1.96. The molecule has 4 nitrogen and oxygen atoms in total. The number of nitrogens with zero attached hydrogens (tertiary/aromatic N) is 4. The van der Waals surface area contributed by atoms with Crippen molar-refractivity contribution in [1.29, 1.82) is 0 Å².